The topological polar surface area (TPSA) is 44.8 Å². The van der Waals surface area contributed by atoms with Crippen molar-refractivity contribution in [3.05, 3.63) is 65.2 Å². The smallest absolute Gasteiger partial charge is 0.260 e. The predicted octanol–water partition coefficient (Wildman–Crippen LogP) is 4.11. The van der Waals surface area contributed by atoms with Crippen LogP contribution in [-0.2, 0) is 15.3 Å². The third-order valence-electron chi connectivity index (χ3n) is 3.89. The number of rotatable bonds is 8. The maximum absolute atomic E-state index is 13.0. The Labute approximate surface area is 143 Å². The molecule has 0 aliphatic carbocycles. The van der Waals surface area contributed by atoms with Crippen molar-refractivity contribution < 1.29 is 19.0 Å². The molecule has 0 heterocycles. The lowest BCUT2D eigenvalue weighted by molar-refractivity contribution is -0.176. The fourth-order valence-corrected chi connectivity index (χ4v) is 2.52. The highest BCUT2D eigenvalue weighted by Crippen LogP contribution is 2.31. The Hall–Kier alpha value is -2.17. The molecule has 2 aromatic carbocycles. The Morgan fingerprint density at radius 2 is 1.54 bits per heavy atom. The summed E-state index contributed by atoms with van der Waals surface area (Å²) >= 11 is 0. The van der Waals surface area contributed by atoms with Gasteiger partial charge in [0.25, 0.3) is 5.79 Å². The molecule has 0 N–H and O–H groups in total. The molecule has 0 bridgehead atoms. The zero-order valence-corrected chi connectivity index (χ0v) is 14.7. The lowest BCUT2D eigenvalue weighted by atomic mass is 9.95. The molecule has 0 aliphatic heterocycles. The number of benzene rings is 2. The number of hydrogen-bond acceptors (Lipinski definition) is 4. The first-order valence-corrected chi connectivity index (χ1v) is 8.02. The van der Waals surface area contributed by atoms with Gasteiger partial charge in [0.05, 0.1) is 6.61 Å². The Bertz CT molecular complexity index is 655. The van der Waals surface area contributed by atoms with E-state index in [1.807, 2.05) is 31.2 Å². The van der Waals surface area contributed by atoms with E-state index in [-0.39, 0.29) is 5.78 Å². The van der Waals surface area contributed by atoms with E-state index in [1.165, 1.54) is 14.2 Å². The molecule has 128 valence electrons. The molecule has 0 aliphatic rings. The fraction of sp³-hybridized carbons (Fsp3) is 0.350. The second kappa shape index (κ2) is 8.08. The number of Topliss-reactive ketones (excluding diaryl/α,β-unsaturated/α-hetero) is 1. The summed E-state index contributed by atoms with van der Waals surface area (Å²) in [5.74, 6) is -0.961. The number of carbonyl (C=O) groups excluding carboxylic acids is 1. The molecule has 2 rings (SSSR count). The van der Waals surface area contributed by atoms with E-state index in [0.717, 1.165) is 17.7 Å². The summed E-state index contributed by atoms with van der Waals surface area (Å²) in [5, 5.41) is 0. The normalized spacial score (nSPS) is 11.3. The first-order valence-electron chi connectivity index (χ1n) is 8.02. The molecule has 0 saturated carbocycles. The Balaban J connectivity index is 2.35. The van der Waals surface area contributed by atoms with Crippen molar-refractivity contribution in [2.75, 3.05) is 20.8 Å². The number of carbonyl (C=O) groups is 1. The summed E-state index contributed by atoms with van der Waals surface area (Å²) in [4.78, 5) is 13.0. The number of ether oxygens (including phenoxy) is 3. The van der Waals surface area contributed by atoms with E-state index in [4.69, 9.17) is 14.2 Å². The van der Waals surface area contributed by atoms with E-state index < -0.39 is 5.79 Å². The predicted molar refractivity (Wildman–Crippen MR) is 93.4 cm³/mol. The average Bonchev–Trinajstić information content (AvgIpc) is 2.63. The molecule has 0 fully saturated rings. The lowest BCUT2D eigenvalue weighted by Gasteiger charge is -2.30. The van der Waals surface area contributed by atoms with Crippen LogP contribution in [0.25, 0.3) is 0 Å². The second-order valence-electron chi connectivity index (χ2n) is 5.59. The van der Waals surface area contributed by atoms with E-state index in [1.54, 1.807) is 24.3 Å². The Morgan fingerprint density at radius 3 is 2.04 bits per heavy atom. The highest BCUT2D eigenvalue weighted by atomic mass is 16.7. The molecular formula is C20H24O4. The van der Waals surface area contributed by atoms with Crippen molar-refractivity contribution in [2.24, 2.45) is 0 Å². The van der Waals surface area contributed by atoms with Crippen molar-refractivity contribution in [1.29, 1.82) is 0 Å². The maximum Gasteiger partial charge on any atom is 0.260 e. The van der Waals surface area contributed by atoms with Crippen LogP contribution in [0.3, 0.4) is 0 Å². The number of ketones is 1. The monoisotopic (exact) mass is 328 g/mol. The quantitative estimate of drug-likeness (QED) is 0.540. The molecule has 24 heavy (non-hydrogen) atoms. The summed E-state index contributed by atoms with van der Waals surface area (Å²) in [6.07, 6.45) is 0.938. The highest BCUT2D eigenvalue weighted by molar-refractivity contribution is 6.02. The molecule has 0 radical (unpaired) electrons. The number of methoxy groups -OCH3 is 2. The van der Waals surface area contributed by atoms with Crippen molar-refractivity contribution in [3.8, 4) is 5.75 Å². The number of aryl methyl sites for hydroxylation is 1. The molecule has 0 aromatic heterocycles. The van der Waals surface area contributed by atoms with Gasteiger partial charge >= 0.3 is 0 Å². The van der Waals surface area contributed by atoms with Gasteiger partial charge in [-0.1, -0.05) is 36.8 Å². The summed E-state index contributed by atoms with van der Waals surface area (Å²) < 4.78 is 16.6. The van der Waals surface area contributed by atoms with Crippen LogP contribution in [0.1, 0.15) is 34.8 Å². The van der Waals surface area contributed by atoms with Gasteiger partial charge in [0.2, 0.25) is 5.78 Å². The largest absolute Gasteiger partial charge is 0.494 e. The van der Waals surface area contributed by atoms with Crippen molar-refractivity contribution >= 4 is 5.78 Å². The zero-order valence-electron chi connectivity index (χ0n) is 14.7. The molecule has 0 unspecified atom stereocenters. The molecule has 0 saturated heterocycles. The van der Waals surface area contributed by atoms with Crippen LogP contribution in [0.2, 0.25) is 0 Å². The van der Waals surface area contributed by atoms with Gasteiger partial charge in [-0.15, -0.1) is 0 Å². The standard InChI is InChI=1S/C20H24O4/c1-5-14-24-18-12-10-17(11-13-18)20(22-3,23-4)19(21)16-8-6-15(2)7-9-16/h6-13H,5,14H2,1-4H3. The third-order valence-corrected chi connectivity index (χ3v) is 3.89. The van der Waals surface area contributed by atoms with E-state index >= 15 is 0 Å². The average molecular weight is 328 g/mol. The number of hydrogen-bond donors (Lipinski definition) is 0. The SMILES string of the molecule is CCCOc1ccc(C(OC)(OC)C(=O)c2ccc(C)cc2)cc1. The molecular weight excluding hydrogens is 304 g/mol. The van der Waals surface area contributed by atoms with Crippen LogP contribution in [0.15, 0.2) is 48.5 Å². The van der Waals surface area contributed by atoms with Gasteiger partial charge in [0.1, 0.15) is 5.75 Å². The summed E-state index contributed by atoms with van der Waals surface area (Å²) in [6.45, 7) is 4.68. The van der Waals surface area contributed by atoms with Gasteiger partial charge in [0.15, 0.2) is 0 Å². The van der Waals surface area contributed by atoms with E-state index in [0.29, 0.717) is 17.7 Å². The molecule has 0 atom stereocenters. The van der Waals surface area contributed by atoms with Crippen LogP contribution in [-0.4, -0.2) is 26.6 Å². The first kappa shape index (κ1) is 18.2. The van der Waals surface area contributed by atoms with Crippen LogP contribution in [0.4, 0.5) is 0 Å². The van der Waals surface area contributed by atoms with Crippen LogP contribution < -0.4 is 4.74 Å². The molecule has 4 heteroatoms. The summed E-state index contributed by atoms with van der Waals surface area (Å²) in [5.41, 5.74) is 2.25. The van der Waals surface area contributed by atoms with Gasteiger partial charge in [-0.05, 0) is 37.6 Å². The third kappa shape index (κ3) is 3.66. The maximum atomic E-state index is 13.0. The van der Waals surface area contributed by atoms with Gasteiger partial charge in [0, 0.05) is 25.3 Å². The minimum Gasteiger partial charge on any atom is -0.494 e. The lowest BCUT2D eigenvalue weighted by Crippen LogP contribution is -2.40. The minimum atomic E-state index is -1.47. The van der Waals surface area contributed by atoms with Gasteiger partial charge < -0.3 is 14.2 Å². The van der Waals surface area contributed by atoms with Gasteiger partial charge in [-0.3, -0.25) is 4.79 Å². The van der Waals surface area contributed by atoms with E-state index in [2.05, 4.69) is 6.92 Å². The Morgan fingerprint density at radius 1 is 0.958 bits per heavy atom. The molecule has 2 aromatic rings. The highest BCUT2D eigenvalue weighted by Gasteiger charge is 2.41. The van der Waals surface area contributed by atoms with Crippen LogP contribution in [0, 0.1) is 6.92 Å². The molecule has 4 nitrogen and oxygen atoms in total. The zero-order chi connectivity index (χ0) is 17.6. The van der Waals surface area contributed by atoms with Crippen LogP contribution in [0.5, 0.6) is 5.75 Å². The van der Waals surface area contributed by atoms with Crippen molar-refractivity contribution in [3.63, 3.8) is 0 Å². The van der Waals surface area contributed by atoms with Crippen molar-refractivity contribution in [1.82, 2.24) is 0 Å². The molecule has 0 spiro atoms. The minimum absolute atomic E-state index is 0.241. The van der Waals surface area contributed by atoms with E-state index in [9.17, 15) is 4.79 Å². The summed E-state index contributed by atoms with van der Waals surface area (Å²) in [7, 11) is 2.94. The van der Waals surface area contributed by atoms with Gasteiger partial charge in [-0.2, -0.15) is 0 Å². The summed E-state index contributed by atoms with van der Waals surface area (Å²) in [6, 6.07) is 14.6. The van der Waals surface area contributed by atoms with Gasteiger partial charge in [-0.25, -0.2) is 0 Å². The van der Waals surface area contributed by atoms with Crippen LogP contribution >= 0.6 is 0 Å². The van der Waals surface area contributed by atoms with Crippen molar-refractivity contribution in [2.45, 2.75) is 26.1 Å². The fourth-order valence-electron chi connectivity index (χ4n) is 2.52. The Kier molecular flexibility index (Phi) is 6.12. The first-order chi connectivity index (χ1) is 11.6. The molecule has 0 amide bonds. The second-order valence-corrected chi connectivity index (χ2v) is 5.59.